The fourth-order valence-corrected chi connectivity index (χ4v) is 3.03. The number of phenolic OH excluding ortho intramolecular Hbond substituents is 2. The first-order chi connectivity index (χ1) is 10.5. The van der Waals surface area contributed by atoms with Crippen LogP contribution in [0.5, 0.6) is 11.5 Å². The van der Waals surface area contributed by atoms with Crippen LogP contribution in [0.2, 0.25) is 0 Å². The van der Waals surface area contributed by atoms with Gasteiger partial charge in [0.05, 0.1) is 0 Å². The third-order valence-electron chi connectivity index (χ3n) is 4.28. The van der Waals surface area contributed by atoms with Crippen LogP contribution in [0.1, 0.15) is 54.2 Å². The maximum atomic E-state index is 10.4. The summed E-state index contributed by atoms with van der Waals surface area (Å²) in [5.74, 6) is 0.841. The number of aromatic hydroxyl groups is 2. The van der Waals surface area contributed by atoms with Crippen LogP contribution in [0.25, 0.3) is 0 Å². The van der Waals surface area contributed by atoms with Gasteiger partial charge < -0.3 is 10.2 Å². The lowest BCUT2D eigenvalue weighted by Crippen LogP contribution is -1.97. The fourth-order valence-electron chi connectivity index (χ4n) is 3.03. The second-order valence-electron chi connectivity index (χ2n) is 5.93. The Kier molecular flexibility index (Phi) is 5.12. The normalized spacial score (nSPS) is 10.9. The number of aryl methyl sites for hydroxylation is 4. The van der Waals surface area contributed by atoms with Crippen molar-refractivity contribution in [1.29, 1.82) is 0 Å². The van der Waals surface area contributed by atoms with Crippen molar-refractivity contribution in [3.63, 3.8) is 0 Å². The van der Waals surface area contributed by atoms with Gasteiger partial charge in [0.15, 0.2) is 0 Å². The van der Waals surface area contributed by atoms with Crippen molar-refractivity contribution in [1.82, 2.24) is 0 Å². The van der Waals surface area contributed by atoms with E-state index in [-0.39, 0.29) is 0 Å². The Balaban J connectivity index is 2.45. The van der Waals surface area contributed by atoms with E-state index in [1.807, 2.05) is 6.07 Å². The number of hydrogen-bond donors (Lipinski definition) is 2. The zero-order valence-electron chi connectivity index (χ0n) is 14.0. The van der Waals surface area contributed by atoms with Gasteiger partial charge in [0.1, 0.15) is 11.5 Å². The van der Waals surface area contributed by atoms with Crippen LogP contribution in [0.4, 0.5) is 0 Å². The standard InChI is InChI=1S/C20H26O2/c1-5-15-8-13(4)9-18(20(15)22)12-14-10-16(6-2)19(21)17(7-3)11-14/h8-11,21-22H,5-7,12H2,1-4H3. The van der Waals surface area contributed by atoms with Gasteiger partial charge in [-0.2, -0.15) is 0 Å². The molecule has 0 heterocycles. The Morgan fingerprint density at radius 3 is 1.59 bits per heavy atom. The average Bonchev–Trinajstić information content (AvgIpc) is 2.51. The van der Waals surface area contributed by atoms with E-state index in [0.717, 1.165) is 47.1 Å². The van der Waals surface area contributed by atoms with E-state index in [1.54, 1.807) is 0 Å². The molecule has 22 heavy (non-hydrogen) atoms. The molecular weight excluding hydrogens is 272 g/mol. The van der Waals surface area contributed by atoms with Gasteiger partial charge in [-0.3, -0.25) is 0 Å². The van der Waals surface area contributed by atoms with Gasteiger partial charge >= 0.3 is 0 Å². The molecule has 0 amide bonds. The predicted molar refractivity (Wildman–Crippen MR) is 91.9 cm³/mol. The van der Waals surface area contributed by atoms with Crippen molar-refractivity contribution in [2.24, 2.45) is 0 Å². The molecule has 118 valence electrons. The summed E-state index contributed by atoms with van der Waals surface area (Å²) in [5.41, 5.74) is 6.26. The fraction of sp³-hybridized carbons (Fsp3) is 0.400. The Labute approximate surface area is 133 Å². The minimum absolute atomic E-state index is 0.414. The zero-order chi connectivity index (χ0) is 16.3. The first-order valence-electron chi connectivity index (χ1n) is 8.15. The summed E-state index contributed by atoms with van der Waals surface area (Å²) in [7, 11) is 0. The quantitative estimate of drug-likeness (QED) is 0.841. The van der Waals surface area contributed by atoms with Crippen molar-refractivity contribution in [2.75, 3.05) is 0 Å². The van der Waals surface area contributed by atoms with E-state index in [1.165, 1.54) is 5.56 Å². The van der Waals surface area contributed by atoms with E-state index < -0.39 is 0 Å². The molecule has 0 aliphatic heterocycles. The third kappa shape index (κ3) is 3.27. The molecular formula is C20H26O2. The van der Waals surface area contributed by atoms with Crippen LogP contribution in [-0.2, 0) is 25.7 Å². The van der Waals surface area contributed by atoms with E-state index in [2.05, 4.69) is 45.9 Å². The van der Waals surface area contributed by atoms with Crippen LogP contribution in [-0.4, -0.2) is 10.2 Å². The average molecular weight is 298 g/mol. The van der Waals surface area contributed by atoms with Crippen molar-refractivity contribution < 1.29 is 10.2 Å². The second kappa shape index (κ2) is 6.87. The number of phenols is 2. The van der Waals surface area contributed by atoms with Crippen molar-refractivity contribution in [3.8, 4) is 11.5 Å². The SMILES string of the molecule is CCc1cc(Cc2cc(C)cc(CC)c2O)cc(CC)c1O. The smallest absolute Gasteiger partial charge is 0.122 e. The van der Waals surface area contributed by atoms with E-state index >= 15 is 0 Å². The maximum Gasteiger partial charge on any atom is 0.122 e. The number of rotatable bonds is 5. The summed E-state index contributed by atoms with van der Waals surface area (Å²) in [6, 6.07) is 8.22. The Hall–Kier alpha value is -1.96. The molecule has 0 atom stereocenters. The monoisotopic (exact) mass is 298 g/mol. The Morgan fingerprint density at radius 2 is 1.09 bits per heavy atom. The molecule has 0 unspecified atom stereocenters. The lowest BCUT2D eigenvalue weighted by Gasteiger charge is -2.14. The van der Waals surface area contributed by atoms with Crippen molar-refractivity contribution in [3.05, 3.63) is 57.6 Å². The number of benzene rings is 2. The molecule has 2 rings (SSSR count). The maximum absolute atomic E-state index is 10.4. The summed E-state index contributed by atoms with van der Waals surface area (Å²) in [6.07, 6.45) is 3.15. The second-order valence-corrected chi connectivity index (χ2v) is 5.93. The van der Waals surface area contributed by atoms with Crippen LogP contribution in [0.15, 0.2) is 24.3 Å². The van der Waals surface area contributed by atoms with E-state index in [0.29, 0.717) is 17.9 Å². The molecule has 0 saturated carbocycles. The van der Waals surface area contributed by atoms with Gasteiger partial charge in [-0.15, -0.1) is 0 Å². The molecule has 2 aromatic carbocycles. The molecule has 2 heteroatoms. The summed E-state index contributed by atoms with van der Waals surface area (Å²) >= 11 is 0. The lowest BCUT2D eigenvalue weighted by atomic mass is 9.94. The molecule has 0 fully saturated rings. The zero-order valence-corrected chi connectivity index (χ0v) is 14.0. The lowest BCUT2D eigenvalue weighted by molar-refractivity contribution is 0.461. The van der Waals surface area contributed by atoms with Gasteiger partial charge in [0.25, 0.3) is 0 Å². The highest BCUT2D eigenvalue weighted by Gasteiger charge is 2.12. The third-order valence-corrected chi connectivity index (χ3v) is 4.28. The van der Waals surface area contributed by atoms with Gasteiger partial charge in [-0.25, -0.2) is 0 Å². The Bertz CT molecular complexity index is 647. The van der Waals surface area contributed by atoms with Gasteiger partial charge in [0.2, 0.25) is 0 Å². The largest absolute Gasteiger partial charge is 0.507 e. The van der Waals surface area contributed by atoms with Crippen LogP contribution >= 0.6 is 0 Å². The highest BCUT2D eigenvalue weighted by atomic mass is 16.3. The number of hydrogen-bond acceptors (Lipinski definition) is 2. The van der Waals surface area contributed by atoms with Gasteiger partial charge in [0, 0.05) is 6.42 Å². The molecule has 0 aliphatic carbocycles. The highest BCUT2D eigenvalue weighted by molar-refractivity contribution is 5.49. The first-order valence-corrected chi connectivity index (χ1v) is 8.15. The molecule has 0 spiro atoms. The van der Waals surface area contributed by atoms with Gasteiger partial charge in [-0.05, 0) is 54.0 Å². The summed E-state index contributed by atoms with van der Waals surface area (Å²) in [6.45, 7) is 8.23. The highest BCUT2D eigenvalue weighted by Crippen LogP contribution is 2.30. The van der Waals surface area contributed by atoms with Crippen molar-refractivity contribution >= 4 is 0 Å². The molecule has 2 aromatic rings. The summed E-state index contributed by atoms with van der Waals surface area (Å²) in [5, 5.41) is 20.6. The molecule has 0 bridgehead atoms. The van der Waals surface area contributed by atoms with Crippen LogP contribution in [0.3, 0.4) is 0 Å². The molecule has 0 aliphatic rings. The summed E-state index contributed by atoms with van der Waals surface area (Å²) < 4.78 is 0. The van der Waals surface area contributed by atoms with Gasteiger partial charge in [-0.1, -0.05) is 50.6 Å². The molecule has 0 aromatic heterocycles. The molecule has 2 nitrogen and oxygen atoms in total. The molecule has 0 saturated heterocycles. The van der Waals surface area contributed by atoms with E-state index in [4.69, 9.17) is 0 Å². The van der Waals surface area contributed by atoms with E-state index in [9.17, 15) is 10.2 Å². The minimum atomic E-state index is 0.414. The summed E-state index contributed by atoms with van der Waals surface area (Å²) in [4.78, 5) is 0. The topological polar surface area (TPSA) is 40.5 Å². The van der Waals surface area contributed by atoms with Crippen LogP contribution < -0.4 is 0 Å². The van der Waals surface area contributed by atoms with Crippen molar-refractivity contribution in [2.45, 2.75) is 53.4 Å². The first kappa shape index (κ1) is 16.4. The van der Waals surface area contributed by atoms with Crippen LogP contribution in [0, 0.1) is 6.92 Å². The predicted octanol–water partition coefficient (Wildman–Crippen LogP) is 4.68. The Morgan fingerprint density at radius 1 is 0.682 bits per heavy atom. The molecule has 2 N–H and O–H groups in total. The molecule has 0 radical (unpaired) electrons. The minimum Gasteiger partial charge on any atom is -0.507 e.